The van der Waals surface area contributed by atoms with Crippen LogP contribution in [0, 0.1) is 0 Å². The molecule has 0 spiro atoms. The average Bonchev–Trinajstić information content (AvgIpc) is 2.15. The fourth-order valence-electron chi connectivity index (χ4n) is 0.727. The van der Waals surface area contributed by atoms with Gasteiger partial charge >= 0.3 is 6.18 Å². The van der Waals surface area contributed by atoms with Crippen molar-refractivity contribution in [3.8, 4) is 0 Å². The number of alkyl halides is 3. The van der Waals surface area contributed by atoms with Crippen molar-refractivity contribution in [3.05, 3.63) is 23.3 Å². The fourth-order valence-corrected chi connectivity index (χ4v) is 0.727. The molecule has 0 saturated heterocycles. The van der Waals surface area contributed by atoms with Crippen LogP contribution in [0.3, 0.4) is 0 Å². The summed E-state index contributed by atoms with van der Waals surface area (Å²) >= 11 is 0. The topological polar surface area (TPSA) is 46.5 Å². The molecule has 0 saturated carbocycles. The average molecular weight is 233 g/mol. The Bertz CT molecular complexity index is 378. The number of Topliss-reactive ketones (excluding diaryl/α,β-unsaturated/α-hetero) is 1. The number of hydrogen-bond donors (Lipinski definition) is 0. The zero-order valence-corrected chi connectivity index (χ0v) is 8.76. The minimum atomic E-state index is -4.48. The van der Waals surface area contributed by atoms with Gasteiger partial charge in [0.05, 0.1) is 5.57 Å². The van der Waals surface area contributed by atoms with Gasteiger partial charge in [-0.25, -0.2) is 4.99 Å². The van der Waals surface area contributed by atoms with Gasteiger partial charge in [-0.15, -0.1) is 0 Å². The Kier molecular flexibility index (Phi) is 4.81. The molecule has 0 rings (SSSR count). The number of nitrogens with zero attached hydrogens (tertiary/aromatic N) is 1. The molecule has 0 aromatic heterocycles. The smallest absolute Gasteiger partial charge is 0.294 e. The first-order valence-corrected chi connectivity index (χ1v) is 4.18. The first-order valence-electron chi connectivity index (χ1n) is 4.18. The molecule has 0 aliphatic heterocycles. The van der Waals surface area contributed by atoms with Crippen molar-refractivity contribution in [1.82, 2.24) is 0 Å². The maximum absolute atomic E-state index is 12.1. The molecular weight excluding hydrogens is 223 g/mol. The number of carbonyl (C=O) groups is 2. The zero-order chi connectivity index (χ0) is 12.9. The molecule has 1 amide bonds. The number of rotatable bonds is 3. The highest BCUT2D eigenvalue weighted by molar-refractivity contribution is 6.19. The molecule has 0 heterocycles. The second-order valence-electron chi connectivity index (χ2n) is 2.95. The zero-order valence-electron chi connectivity index (χ0n) is 8.76. The molecule has 16 heavy (non-hydrogen) atoms. The van der Waals surface area contributed by atoms with Gasteiger partial charge in [0, 0.05) is 5.57 Å². The van der Waals surface area contributed by atoms with Gasteiger partial charge in [-0.05, 0) is 26.6 Å². The van der Waals surface area contributed by atoms with Crippen LogP contribution < -0.4 is 0 Å². The second kappa shape index (κ2) is 5.39. The quantitative estimate of drug-likeness (QED) is 0.247. The molecule has 0 aliphatic rings. The number of carbonyl (C=O) groups excluding carboxylic acids is 2. The number of halogens is 3. The molecule has 88 valence electrons. The maximum atomic E-state index is 12.1. The lowest BCUT2D eigenvalue weighted by molar-refractivity contribution is -0.119. The van der Waals surface area contributed by atoms with E-state index in [1.165, 1.54) is 0 Å². The Hall–Kier alpha value is -1.72. The normalized spacial score (nSPS) is 13.6. The standard InChI is InChI=1S/C10H10F3NO2/c1-6(10(11,12)13)4-5-8(7(2)15)9(16)14-3/h4-5H,3H2,1-2H3/b6-4+,8-5+. The van der Waals surface area contributed by atoms with E-state index in [1.54, 1.807) is 0 Å². The van der Waals surface area contributed by atoms with Crippen LogP contribution in [0.4, 0.5) is 13.2 Å². The molecule has 0 atom stereocenters. The SMILES string of the molecule is C=NC(=O)/C(=C/C=C(\C)C(F)(F)F)C(C)=O. The van der Waals surface area contributed by atoms with E-state index in [9.17, 15) is 22.8 Å². The Morgan fingerprint density at radius 1 is 1.19 bits per heavy atom. The van der Waals surface area contributed by atoms with Gasteiger partial charge in [0.1, 0.15) is 0 Å². The molecule has 0 fully saturated rings. The summed E-state index contributed by atoms with van der Waals surface area (Å²) in [7, 11) is 0. The van der Waals surface area contributed by atoms with Crippen LogP contribution in [-0.2, 0) is 9.59 Å². The number of aliphatic imine (C=N–C) groups is 1. The van der Waals surface area contributed by atoms with Gasteiger partial charge in [0.25, 0.3) is 5.91 Å². The van der Waals surface area contributed by atoms with Crippen molar-refractivity contribution in [2.24, 2.45) is 4.99 Å². The van der Waals surface area contributed by atoms with E-state index in [0.29, 0.717) is 6.08 Å². The first kappa shape index (κ1) is 14.3. The first-order chi connectivity index (χ1) is 7.20. The molecule has 3 nitrogen and oxygen atoms in total. The number of ketones is 1. The van der Waals surface area contributed by atoms with Crippen LogP contribution in [0.1, 0.15) is 13.8 Å². The minimum absolute atomic E-state index is 0.432. The van der Waals surface area contributed by atoms with Crippen LogP contribution in [0.15, 0.2) is 28.3 Å². The summed E-state index contributed by atoms with van der Waals surface area (Å²) < 4.78 is 36.2. The van der Waals surface area contributed by atoms with Gasteiger partial charge in [0.2, 0.25) is 0 Å². The summed E-state index contributed by atoms with van der Waals surface area (Å²) in [5.41, 5.74) is -1.35. The summed E-state index contributed by atoms with van der Waals surface area (Å²) in [5.74, 6) is -1.61. The number of allylic oxidation sites excluding steroid dienone is 3. The van der Waals surface area contributed by atoms with Crippen molar-refractivity contribution < 1.29 is 22.8 Å². The van der Waals surface area contributed by atoms with Crippen LogP contribution in [-0.4, -0.2) is 24.6 Å². The highest BCUT2D eigenvalue weighted by Gasteiger charge is 2.29. The molecule has 0 aromatic rings. The lowest BCUT2D eigenvalue weighted by atomic mass is 10.1. The van der Waals surface area contributed by atoms with E-state index < -0.39 is 29.0 Å². The lowest BCUT2D eigenvalue weighted by Crippen LogP contribution is -2.10. The van der Waals surface area contributed by atoms with Crippen LogP contribution in [0.5, 0.6) is 0 Å². The third kappa shape index (κ3) is 4.20. The van der Waals surface area contributed by atoms with E-state index in [-0.39, 0.29) is 0 Å². The van der Waals surface area contributed by atoms with Crippen molar-refractivity contribution in [2.45, 2.75) is 20.0 Å². The Labute approximate surface area is 90.4 Å². The lowest BCUT2D eigenvalue weighted by Gasteiger charge is -2.04. The Morgan fingerprint density at radius 2 is 1.69 bits per heavy atom. The summed E-state index contributed by atoms with van der Waals surface area (Å²) in [4.78, 5) is 24.9. The van der Waals surface area contributed by atoms with Crippen LogP contribution in [0.25, 0.3) is 0 Å². The summed E-state index contributed by atoms with van der Waals surface area (Å²) in [6.07, 6.45) is -3.04. The highest BCUT2D eigenvalue weighted by atomic mass is 19.4. The summed E-state index contributed by atoms with van der Waals surface area (Å²) in [6.45, 7) is 4.80. The van der Waals surface area contributed by atoms with Gasteiger partial charge in [-0.3, -0.25) is 9.59 Å². The molecule has 0 N–H and O–H groups in total. The molecule has 0 aliphatic carbocycles. The predicted molar refractivity (Wildman–Crippen MR) is 53.1 cm³/mol. The number of hydrogen-bond acceptors (Lipinski definition) is 2. The Morgan fingerprint density at radius 3 is 2.00 bits per heavy atom. The third-order valence-corrected chi connectivity index (χ3v) is 1.70. The van der Waals surface area contributed by atoms with Gasteiger partial charge in [0.15, 0.2) is 5.78 Å². The van der Waals surface area contributed by atoms with Crippen molar-refractivity contribution in [1.29, 1.82) is 0 Å². The van der Waals surface area contributed by atoms with Gasteiger partial charge < -0.3 is 0 Å². The maximum Gasteiger partial charge on any atom is 0.412 e. The molecule has 0 aromatic carbocycles. The monoisotopic (exact) mass is 233 g/mol. The van der Waals surface area contributed by atoms with E-state index in [2.05, 4.69) is 11.7 Å². The Balaban J connectivity index is 5.19. The molecule has 0 unspecified atom stereocenters. The second-order valence-corrected chi connectivity index (χ2v) is 2.95. The van der Waals surface area contributed by atoms with E-state index in [4.69, 9.17) is 0 Å². The van der Waals surface area contributed by atoms with Crippen LogP contribution >= 0.6 is 0 Å². The largest absolute Gasteiger partial charge is 0.412 e. The van der Waals surface area contributed by atoms with Crippen molar-refractivity contribution in [3.63, 3.8) is 0 Å². The van der Waals surface area contributed by atoms with Gasteiger partial charge in [-0.1, -0.05) is 6.08 Å². The molecular formula is C10H10F3NO2. The highest BCUT2D eigenvalue weighted by Crippen LogP contribution is 2.24. The molecule has 0 bridgehead atoms. The summed E-state index contributed by atoms with van der Waals surface area (Å²) in [6, 6.07) is 0. The molecule has 0 radical (unpaired) electrons. The van der Waals surface area contributed by atoms with Crippen molar-refractivity contribution in [2.75, 3.05) is 0 Å². The third-order valence-electron chi connectivity index (χ3n) is 1.70. The number of amides is 1. The molecule has 6 heteroatoms. The van der Waals surface area contributed by atoms with E-state index >= 15 is 0 Å². The van der Waals surface area contributed by atoms with Gasteiger partial charge in [-0.2, -0.15) is 13.2 Å². The predicted octanol–water partition coefficient (Wildman–Crippen LogP) is 2.24. The van der Waals surface area contributed by atoms with Crippen molar-refractivity contribution >= 4 is 18.4 Å². The van der Waals surface area contributed by atoms with E-state index in [1.807, 2.05) is 0 Å². The van der Waals surface area contributed by atoms with E-state index in [0.717, 1.165) is 19.9 Å². The fraction of sp³-hybridized carbons (Fsp3) is 0.300. The minimum Gasteiger partial charge on any atom is -0.294 e. The summed E-state index contributed by atoms with van der Waals surface area (Å²) in [5, 5.41) is 0. The van der Waals surface area contributed by atoms with Crippen LogP contribution in [0.2, 0.25) is 0 Å².